The highest BCUT2D eigenvalue weighted by Crippen LogP contribution is 1.79. The second kappa shape index (κ2) is 9.25. The van der Waals surface area contributed by atoms with E-state index in [1.165, 1.54) is 12.3 Å². The lowest BCUT2D eigenvalue weighted by Crippen LogP contribution is -2.30. The fourth-order valence-electron chi connectivity index (χ4n) is 0.655. The highest BCUT2D eigenvalue weighted by atomic mass is 16.5. The zero-order chi connectivity index (χ0) is 9.94. The SMILES string of the molecule is C=COCCOCCNC(O)C=C. The normalized spacial score (nSPS) is 12.1. The molecule has 0 heterocycles. The molecule has 0 amide bonds. The molecule has 0 aliphatic heterocycles. The summed E-state index contributed by atoms with van der Waals surface area (Å²) in [5, 5.41) is 11.8. The molecule has 0 aromatic carbocycles. The monoisotopic (exact) mass is 187 g/mol. The van der Waals surface area contributed by atoms with Gasteiger partial charge in [-0.05, 0) is 6.08 Å². The Balaban J connectivity index is 2.99. The van der Waals surface area contributed by atoms with Gasteiger partial charge in [0.15, 0.2) is 0 Å². The van der Waals surface area contributed by atoms with E-state index in [1.807, 2.05) is 0 Å². The van der Waals surface area contributed by atoms with Gasteiger partial charge in [0.25, 0.3) is 0 Å². The lowest BCUT2D eigenvalue weighted by molar-refractivity contribution is 0.0787. The van der Waals surface area contributed by atoms with Gasteiger partial charge in [-0.1, -0.05) is 13.2 Å². The molecule has 0 bridgehead atoms. The van der Waals surface area contributed by atoms with Gasteiger partial charge in [0.1, 0.15) is 12.8 Å². The maximum atomic E-state index is 8.98. The quantitative estimate of drug-likeness (QED) is 0.235. The van der Waals surface area contributed by atoms with E-state index in [9.17, 15) is 0 Å². The molecule has 13 heavy (non-hydrogen) atoms. The van der Waals surface area contributed by atoms with Crippen LogP contribution in [0, 0.1) is 0 Å². The van der Waals surface area contributed by atoms with E-state index in [0.717, 1.165) is 0 Å². The van der Waals surface area contributed by atoms with Crippen molar-refractivity contribution in [1.82, 2.24) is 5.32 Å². The summed E-state index contributed by atoms with van der Waals surface area (Å²) < 4.78 is 9.99. The average molecular weight is 187 g/mol. The molecule has 2 N–H and O–H groups in total. The van der Waals surface area contributed by atoms with Crippen molar-refractivity contribution in [3.05, 3.63) is 25.5 Å². The van der Waals surface area contributed by atoms with Gasteiger partial charge >= 0.3 is 0 Å². The average Bonchev–Trinajstić information content (AvgIpc) is 2.16. The summed E-state index contributed by atoms with van der Waals surface area (Å²) in [6, 6.07) is 0. The van der Waals surface area contributed by atoms with Gasteiger partial charge in [-0.3, -0.25) is 5.32 Å². The number of aliphatic hydroxyl groups is 1. The first kappa shape index (κ1) is 12.2. The third-order valence-electron chi connectivity index (χ3n) is 1.29. The Morgan fingerprint density at radius 2 is 2.08 bits per heavy atom. The first-order chi connectivity index (χ1) is 6.31. The molecule has 0 saturated heterocycles. The topological polar surface area (TPSA) is 50.7 Å². The second-order valence-corrected chi connectivity index (χ2v) is 2.28. The van der Waals surface area contributed by atoms with Crippen LogP contribution in [0.25, 0.3) is 0 Å². The van der Waals surface area contributed by atoms with E-state index >= 15 is 0 Å². The van der Waals surface area contributed by atoms with E-state index in [2.05, 4.69) is 18.5 Å². The van der Waals surface area contributed by atoms with Crippen molar-refractivity contribution < 1.29 is 14.6 Å². The van der Waals surface area contributed by atoms with Crippen LogP contribution in [0.5, 0.6) is 0 Å². The molecule has 4 heteroatoms. The van der Waals surface area contributed by atoms with E-state index in [1.54, 1.807) is 0 Å². The molecule has 0 aliphatic carbocycles. The van der Waals surface area contributed by atoms with Crippen molar-refractivity contribution in [2.75, 3.05) is 26.4 Å². The van der Waals surface area contributed by atoms with Crippen LogP contribution in [0.4, 0.5) is 0 Å². The van der Waals surface area contributed by atoms with Gasteiger partial charge in [-0.25, -0.2) is 0 Å². The summed E-state index contributed by atoms with van der Waals surface area (Å²) in [7, 11) is 0. The molecule has 0 saturated carbocycles. The van der Waals surface area contributed by atoms with Gasteiger partial charge in [0, 0.05) is 6.54 Å². The van der Waals surface area contributed by atoms with Gasteiger partial charge in [-0.15, -0.1) is 0 Å². The molecular weight excluding hydrogens is 170 g/mol. The van der Waals surface area contributed by atoms with Crippen molar-refractivity contribution in [3.63, 3.8) is 0 Å². The Kier molecular flexibility index (Phi) is 8.65. The second-order valence-electron chi connectivity index (χ2n) is 2.28. The molecule has 0 aliphatic rings. The Labute approximate surface area is 78.9 Å². The van der Waals surface area contributed by atoms with Crippen LogP contribution in [-0.2, 0) is 9.47 Å². The largest absolute Gasteiger partial charge is 0.499 e. The summed E-state index contributed by atoms with van der Waals surface area (Å²) in [6.45, 7) is 8.96. The maximum absolute atomic E-state index is 8.98. The summed E-state index contributed by atoms with van der Waals surface area (Å²) in [5.74, 6) is 0. The lowest BCUT2D eigenvalue weighted by atomic mass is 10.5. The molecular formula is C9H17NO3. The van der Waals surface area contributed by atoms with E-state index in [0.29, 0.717) is 26.4 Å². The van der Waals surface area contributed by atoms with Gasteiger partial charge in [0.05, 0.1) is 19.5 Å². The van der Waals surface area contributed by atoms with Crippen LogP contribution in [0.15, 0.2) is 25.5 Å². The smallest absolute Gasteiger partial charge is 0.123 e. The molecule has 76 valence electrons. The Bertz CT molecular complexity index is 139. The number of nitrogens with one attached hydrogen (secondary N) is 1. The molecule has 1 unspecified atom stereocenters. The van der Waals surface area contributed by atoms with Crippen LogP contribution >= 0.6 is 0 Å². The predicted molar refractivity (Wildman–Crippen MR) is 51.2 cm³/mol. The zero-order valence-corrected chi connectivity index (χ0v) is 7.74. The minimum absolute atomic E-state index is 0.507. The van der Waals surface area contributed by atoms with Gasteiger partial charge in [-0.2, -0.15) is 0 Å². The van der Waals surface area contributed by atoms with Crippen molar-refractivity contribution in [3.8, 4) is 0 Å². The van der Waals surface area contributed by atoms with Crippen LogP contribution < -0.4 is 5.32 Å². The number of rotatable bonds is 9. The third-order valence-corrected chi connectivity index (χ3v) is 1.29. The number of hydrogen-bond donors (Lipinski definition) is 2. The third kappa shape index (κ3) is 9.07. The summed E-state index contributed by atoms with van der Waals surface area (Å²) in [4.78, 5) is 0. The number of aliphatic hydroxyl groups excluding tert-OH is 1. The van der Waals surface area contributed by atoms with Crippen molar-refractivity contribution in [1.29, 1.82) is 0 Å². The van der Waals surface area contributed by atoms with Crippen molar-refractivity contribution >= 4 is 0 Å². The molecule has 0 spiro atoms. The maximum Gasteiger partial charge on any atom is 0.123 e. The molecule has 0 rings (SSSR count). The summed E-state index contributed by atoms with van der Waals surface area (Å²) in [5.41, 5.74) is 0. The zero-order valence-electron chi connectivity index (χ0n) is 7.74. The number of ether oxygens (including phenoxy) is 2. The Morgan fingerprint density at radius 3 is 2.69 bits per heavy atom. The van der Waals surface area contributed by atoms with Crippen molar-refractivity contribution in [2.45, 2.75) is 6.23 Å². The molecule has 4 nitrogen and oxygen atoms in total. The highest BCUT2D eigenvalue weighted by molar-refractivity contribution is 4.75. The summed E-state index contributed by atoms with van der Waals surface area (Å²) >= 11 is 0. The van der Waals surface area contributed by atoms with E-state index < -0.39 is 6.23 Å². The molecule has 0 fully saturated rings. The molecule has 1 atom stereocenters. The van der Waals surface area contributed by atoms with Crippen LogP contribution in [-0.4, -0.2) is 37.7 Å². The fourth-order valence-corrected chi connectivity index (χ4v) is 0.655. The molecule has 0 aromatic rings. The van der Waals surface area contributed by atoms with Gasteiger partial charge < -0.3 is 14.6 Å². The summed E-state index contributed by atoms with van der Waals surface area (Å²) in [6.07, 6.45) is 2.14. The van der Waals surface area contributed by atoms with E-state index in [-0.39, 0.29) is 0 Å². The number of hydrogen-bond acceptors (Lipinski definition) is 4. The predicted octanol–water partition coefficient (Wildman–Crippen LogP) is 0.257. The minimum Gasteiger partial charge on any atom is -0.499 e. The molecule has 0 aromatic heterocycles. The van der Waals surface area contributed by atoms with Gasteiger partial charge in [0.2, 0.25) is 0 Å². The van der Waals surface area contributed by atoms with Crippen LogP contribution in [0.1, 0.15) is 0 Å². The first-order valence-electron chi connectivity index (χ1n) is 4.15. The van der Waals surface area contributed by atoms with Crippen molar-refractivity contribution in [2.24, 2.45) is 0 Å². The standard InChI is InChI=1S/C9H17NO3/c1-3-9(11)10-5-6-13-8-7-12-4-2/h3-4,9-11H,1-2,5-8H2. The minimum atomic E-state index is -0.659. The molecule has 0 radical (unpaired) electrons. The lowest BCUT2D eigenvalue weighted by Gasteiger charge is -2.08. The Morgan fingerprint density at radius 1 is 1.31 bits per heavy atom. The van der Waals surface area contributed by atoms with Crippen LogP contribution in [0.3, 0.4) is 0 Å². The Hall–Kier alpha value is -0.840. The fraction of sp³-hybridized carbons (Fsp3) is 0.556. The van der Waals surface area contributed by atoms with E-state index in [4.69, 9.17) is 14.6 Å². The first-order valence-corrected chi connectivity index (χ1v) is 4.15. The van der Waals surface area contributed by atoms with Crippen LogP contribution in [0.2, 0.25) is 0 Å². The highest BCUT2D eigenvalue weighted by Gasteiger charge is 1.94.